The van der Waals surface area contributed by atoms with Crippen molar-refractivity contribution in [1.29, 1.82) is 0 Å². The molecule has 2 aromatic rings. The molecule has 5 heteroatoms. The maximum atomic E-state index is 5.56. The average molecular weight is 287 g/mol. The minimum absolute atomic E-state index is 0.562. The molecular formula is C16H21N3O2. The molecule has 112 valence electrons. The lowest BCUT2D eigenvalue weighted by molar-refractivity contribution is 0.305. The molecule has 0 unspecified atom stereocenters. The van der Waals surface area contributed by atoms with Crippen LogP contribution in [0.5, 0.6) is 11.6 Å². The Morgan fingerprint density at radius 2 is 2.00 bits per heavy atom. The molecule has 5 nitrogen and oxygen atoms in total. The summed E-state index contributed by atoms with van der Waals surface area (Å²) in [6.45, 7) is 5.24. The summed E-state index contributed by atoms with van der Waals surface area (Å²) < 4.78 is 10.9. The van der Waals surface area contributed by atoms with Crippen molar-refractivity contribution in [3.63, 3.8) is 0 Å². The van der Waals surface area contributed by atoms with Gasteiger partial charge in [0.05, 0.1) is 13.7 Å². The number of para-hydroxylation sites is 1. The van der Waals surface area contributed by atoms with Crippen molar-refractivity contribution in [3.05, 3.63) is 41.6 Å². The highest BCUT2D eigenvalue weighted by molar-refractivity contribution is 5.38. The van der Waals surface area contributed by atoms with Gasteiger partial charge in [-0.15, -0.1) is 0 Å². The lowest BCUT2D eigenvalue weighted by Crippen LogP contribution is -2.07. The molecule has 0 atom stereocenters. The van der Waals surface area contributed by atoms with Crippen LogP contribution >= 0.6 is 0 Å². The maximum Gasteiger partial charge on any atom is 0.226 e. The van der Waals surface area contributed by atoms with E-state index in [1.165, 1.54) is 0 Å². The lowest BCUT2D eigenvalue weighted by atomic mass is 10.2. The van der Waals surface area contributed by atoms with E-state index >= 15 is 0 Å². The summed E-state index contributed by atoms with van der Waals surface area (Å²) in [6, 6.07) is 9.71. The number of benzene rings is 1. The van der Waals surface area contributed by atoms with Gasteiger partial charge in [-0.3, -0.25) is 0 Å². The summed E-state index contributed by atoms with van der Waals surface area (Å²) in [6.07, 6.45) is 0.951. The Morgan fingerprint density at radius 1 is 1.19 bits per heavy atom. The van der Waals surface area contributed by atoms with E-state index in [1.54, 1.807) is 7.11 Å². The van der Waals surface area contributed by atoms with Crippen LogP contribution in [-0.4, -0.2) is 23.7 Å². The smallest absolute Gasteiger partial charge is 0.226 e. The Morgan fingerprint density at radius 3 is 2.76 bits per heavy atom. The van der Waals surface area contributed by atoms with Gasteiger partial charge in [0.1, 0.15) is 5.75 Å². The van der Waals surface area contributed by atoms with Gasteiger partial charge in [0, 0.05) is 23.9 Å². The number of ether oxygens (including phenoxy) is 2. The topological polar surface area (TPSA) is 56.3 Å². The molecule has 2 rings (SSSR count). The standard InChI is InChI=1S/C16H21N3O2/c1-4-9-21-15-10-12(2)18-16(19-15)17-11-13-7-5-6-8-14(13)20-3/h5-8,10H,4,9,11H2,1-3H3,(H,17,18,19). The van der Waals surface area contributed by atoms with Gasteiger partial charge < -0.3 is 14.8 Å². The van der Waals surface area contributed by atoms with Crippen molar-refractivity contribution in [1.82, 2.24) is 9.97 Å². The van der Waals surface area contributed by atoms with Crippen molar-refractivity contribution >= 4 is 5.95 Å². The second kappa shape index (κ2) is 7.47. The van der Waals surface area contributed by atoms with Gasteiger partial charge in [-0.05, 0) is 19.4 Å². The normalized spacial score (nSPS) is 10.2. The molecule has 0 bridgehead atoms. The number of nitrogens with zero attached hydrogens (tertiary/aromatic N) is 2. The van der Waals surface area contributed by atoms with Crippen LogP contribution in [0.4, 0.5) is 5.95 Å². The zero-order valence-electron chi connectivity index (χ0n) is 12.7. The summed E-state index contributed by atoms with van der Waals surface area (Å²) in [5.41, 5.74) is 1.93. The largest absolute Gasteiger partial charge is 0.496 e. The third kappa shape index (κ3) is 4.34. The van der Waals surface area contributed by atoms with Gasteiger partial charge in [0.25, 0.3) is 0 Å². The number of anilines is 1. The number of rotatable bonds is 7. The monoisotopic (exact) mass is 287 g/mol. The first-order chi connectivity index (χ1) is 10.2. The predicted octanol–water partition coefficient (Wildman–Crippen LogP) is 3.19. The summed E-state index contributed by atoms with van der Waals surface area (Å²) in [7, 11) is 1.67. The SMILES string of the molecule is CCCOc1cc(C)nc(NCc2ccccc2OC)n1. The van der Waals surface area contributed by atoms with Crippen molar-refractivity contribution < 1.29 is 9.47 Å². The van der Waals surface area contributed by atoms with Crippen molar-refractivity contribution in [2.75, 3.05) is 19.0 Å². The zero-order chi connectivity index (χ0) is 15.1. The van der Waals surface area contributed by atoms with E-state index in [2.05, 4.69) is 22.2 Å². The van der Waals surface area contributed by atoms with Gasteiger partial charge in [-0.2, -0.15) is 4.98 Å². The minimum atomic E-state index is 0.562. The second-order valence-electron chi connectivity index (χ2n) is 4.69. The summed E-state index contributed by atoms with van der Waals surface area (Å²) >= 11 is 0. The molecule has 0 amide bonds. The molecule has 1 heterocycles. The molecule has 0 aliphatic heterocycles. The molecular weight excluding hydrogens is 266 g/mol. The zero-order valence-corrected chi connectivity index (χ0v) is 12.7. The Hall–Kier alpha value is -2.30. The van der Waals surface area contributed by atoms with E-state index in [9.17, 15) is 0 Å². The third-order valence-electron chi connectivity index (χ3n) is 2.91. The van der Waals surface area contributed by atoms with Crippen molar-refractivity contribution in [3.8, 4) is 11.6 Å². The van der Waals surface area contributed by atoms with Gasteiger partial charge >= 0.3 is 0 Å². The number of aryl methyl sites for hydroxylation is 1. The van der Waals surface area contributed by atoms with Crippen LogP contribution in [0.25, 0.3) is 0 Å². The first-order valence-electron chi connectivity index (χ1n) is 7.07. The van der Waals surface area contributed by atoms with E-state index in [4.69, 9.17) is 9.47 Å². The molecule has 0 saturated heterocycles. The summed E-state index contributed by atoms with van der Waals surface area (Å²) in [5, 5.41) is 3.21. The number of aromatic nitrogens is 2. The number of hydrogen-bond acceptors (Lipinski definition) is 5. The van der Waals surface area contributed by atoms with Gasteiger partial charge in [0.15, 0.2) is 0 Å². The molecule has 1 N–H and O–H groups in total. The van der Waals surface area contributed by atoms with Crippen LogP contribution < -0.4 is 14.8 Å². The molecule has 0 fully saturated rings. The summed E-state index contributed by atoms with van der Waals surface area (Å²) in [5.74, 6) is 2.01. The van der Waals surface area contributed by atoms with E-state index in [1.807, 2.05) is 37.3 Å². The molecule has 1 aromatic heterocycles. The number of nitrogens with one attached hydrogen (secondary N) is 1. The molecule has 0 aliphatic carbocycles. The molecule has 21 heavy (non-hydrogen) atoms. The average Bonchev–Trinajstić information content (AvgIpc) is 2.50. The van der Waals surface area contributed by atoms with E-state index in [0.29, 0.717) is 25.0 Å². The van der Waals surface area contributed by atoms with Crippen molar-refractivity contribution in [2.45, 2.75) is 26.8 Å². The van der Waals surface area contributed by atoms with Crippen LogP contribution in [0.15, 0.2) is 30.3 Å². The Bertz CT molecular complexity index is 587. The Kier molecular flexibility index (Phi) is 5.37. The molecule has 0 radical (unpaired) electrons. The Labute approximate surface area is 125 Å². The minimum Gasteiger partial charge on any atom is -0.496 e. The summed E-state index contributed by atoms with van der Waals surface area (Å²) in [4.78, 5) is 8.73. The molecule has 0 spiro atoms. The highest BCUT2D eigenvalue weighted by Crippen LogP contribution is 2.19. The maximum absolute atomic E-state index is 5.56. The van der Waals surface area contributed by atoms with Crippen LogP contribution in [0.3, 0.4) is 0 Å². The fraction of sp³-hybridized carbons (Fsp3) is 0.375. The van der Waals surface area contributed by atoms with E-state index in [0.717, 1.165) is 23.4 Å². The van der Waals surface area contributed by atoms with Gasteiger partial charge in [-0.1, -0.05) is 25.1 Å². The molecule has 0 aliphatic rings. The highest BCUT2D eigenvalue weighted by Gasteiger charge is 2.05. The van der Waals surface area contributed by atoms with Crippen LogP contribution in [0, 0.1) is 6.92 Å². The van der Waals surface area contributed by atoms with E-state index < -0.39 is 0 Å². The number of methoxy groups -OCH3 is 1. The van der Waals surface area contributed by atoms with Crippen LogP contribution in [-0.2, 0) is 6.54 Å². The number of hydrogen-bond donors (Lipinski definition) is 1. The second-order valence-corrected chi connectivity index (χ2v) is 4.69. The van der Waals surface area contributed by atoms with Gasteiger partial charge in [-0.25, -0.2) is 4.98 Å². The van der Waals surface area contributed by atoms with Gasteiger partial charge in [0.2, 0.25) is 11.8 Å². The Balaban J connectivity index is 2.07. The fourth-order valence-corrected chi connectivity index (χ4v) is 1.92. The van der Waals surface area contributed by atoms with E-state index in [-0.39, 0.29) is 0 Å². The van der Waals surface area contributed by atoms with Crippen LogP contribution in [0.2, 0.25) is 0 Å². The quantitative estimate of drug-likeness (QED) is 0.847. The van der Waals surface area contributed by atoms with Crippen LogP contribution in [0.1, 0.15) is 24.6 Å². The van der Waals surface area contributed by atoms with Crippen molar-refractivity contribution in [2.24, 2.45) is 0 Å². The molecule has 0 saturated carbocycles. The first kappa shape index (κ1) is 15.1. The molecule has 1 aromatic carbocycles. The first-order valence-corrected chi connectivity index (χ1v) is 7.07. The lowest BCUT2D eigenvalue weighted by Gasteiger charge is -2.11. The highest BCUT2D eigenvalue weighted by atomic mass is 16.5. The third-order valence-corrected chi connectivity index (χ3v) is 2.91. The predicted molar refractivity (Wildman–Crippen MR) is 82.9 cm³/mol. The fourth-order valence-electron chi connectivity index (χ4n) is 1.92.